The Hall–Kier alpha value is -2.67. The Balaban J connectivity index is 1.51. The first-order chi connectivity index (χ1) is 13.5. The first-order valence-corrected chi connectivity index (χ1v) is 9.81. The van der Waals surface area contributed by atoms with Crippen LogP contribution in [0.5, 0.6) is 0 Å². The molecule has 7 heteroatoms. The molecule has 1 spiro atoms. The average Bonchev–Trinajstić information content (AvgIpc) is 3.22. The number of carbonyl (C=O) groups excluding carboxylic acids is 2. The molecule has 0 aliphatic carbocycles. The van der Waals surface area contributed by atoms with Crippen LogP contribution in [0.2, 0.25) is 0 Å². The molecule has 2 fully saturated rings. The summed E-state index contributed by atoms with van der Waals surface area (Å²) in [5.74, 6) is 0.261. The van der Waals surface area contributed by atoms with Gasteiger partial charge in [-0.15, -0.1) is 0 Å². The molecule has 0 N–H and O–H groups in total. The number of piperazine rings is 1. The molecule has 7 nitrogen and oxygen atoms in total. The maximum absolute atomic E-state index is 13.2. The maximum Gasteiger partial charge on any atom is 0.253 e. The summed E-state index contributed by atoms with van der Waals surface area (Å²) in [7, 11) is 3.99. The number of hydrogen-bond acceptors (Lipinski definition) is 4. The number of likely N-dealkylation sites (tertiary alicyclic amines) is 1. The summed E-state index contributed by atoms with van der Waals surface area (Å²) in [4.78, 5) is 35.5. The zero-order valence-electron chi connectivity index (χ0n) is 16.5. The van der Waals surface area contributed by atoms with E-state index in [1.54, 1.807) is 12.5 Å². The summed E-state index contributed by atoms with van der Waals surface area (Å²) in [5, 5.41) is 0. The van der Waals surface area contributed by atoms with Gasteiger partial charge in [-0.1, -0.05) is 0 Å². The van der Waals surface area contributed by atoms with E-state index >= 15 is 0 Å². The lowest BCUT2D eigenvalue weighted by molar-refractivity contribution is -0.129. The summed E-state index contributed by atoms with van der Waals surface area (Å²) < 4.78 is 1.91. The highest BCUT2D eigenvalue weighted by Crippen LogP contribution is 2.32. The van der Waals surface area contributed by atoms with Gasteiger partial charge in [0.1, 0.15) is 0 Å². The molecule has 1 atom stereocenters. The zero-order chi connectivity index (χ0) is 19.7. The standard InChI is InChI=1S/C21H27N5O2/c1-23-11-9-21(8-7-19(23)27)15-25(14-13-24(21)2)20(28)17-3-5-18(6-4-17)26-12-10-22-16-26/h3-6,10,12,16H,7-9,11,13-15H2,1-2H3/t21-/m0/s1. The largest absolute Gasteiger partial charge is 0.346 e. The van der Waals surface area contributed by atoms with Crippen molar-refractivity contribution in [3.8, 4) is 5.69 Å². The molecular formula is C21H27N5O2. The summed E-state index contributed by atoms with van der Waals surface area (Å²) in [6.45, 7) is 2.96. The van der Waals surface area contributed by atoms with Crippen LogP contribution < -0.4 is 0 Å². The van der Waals surface area contributed by atoms with Gasteiger partial charge in [0.2, 0.25) is 5.91 Å². The molecule has 28 heavy (non-hydrogen) atoms. The normalized spacial score (nSPS) is 23.9. The predicted octanol–water partition coefficient (Wildman–Crippen LogP) is 1.64. The molecule has 0 bridgehead atoms. The maximum atomic E-state index is 13.2. The van der Waals surface area contributed by atoms with Gasteiger partial charge in [0.05, 0.1) is 6.33 Å². The van der Waals surface area contributed by atoms with E-state index in [0.717, 1.165) is 31.6 Å². The number of hydrogen-bond donors (Lipinski definition) is 0. The van der Waals surface area contributed by atoms with Gasteiger partial charge in [0.15, 0.2) is 0 Å². The van der Waals surface area contributed by atoms with Gasteiger partial charge < -0.3 is 14.4 Å². The van der Waals surface area contributed by atoms with Gasteiger partial charge in [0, 0.05) is 68.8 Å². The van der Waals surface area contributed by atoms with Gasteiger partial charge in [-0.25, -0.2) is 4.98 Å². The SMILES string of the molecule is CN1CC[C@@]2(CCC1=O)CN(C(=O)c1ccc(-n3ccnc3)cc1)CCN2C. The number of benzene rings is 1. The van der Waals surface area contributed by atoms with Crippen molar-refractivity contribution >= 4 is 11.8 Å². The molecule has 1 aromatic carbocycles. The van der Waals surface area contributed by atoms with Crippen LogP contribution in [-0.4, -0.2) is 81.9 Å². The van der Waals surface area contributed by atoms with E-state index in [0.29, 0.717) is 25.1 Å². The molecule has 2 aromatic rings. The Morgan fingerprint density at radius 3 is 2.57 bits per heavy atom. The highest BCUT2D eigenvalue weighted by molar-refractivity contribution is 5.94. The van der Waals surface area contributed by atoms with Crippen LogP contribution in [0.25, 0.3) is 5.69 Å². The second kappa shape index (κ2) is 7.39. The molecule has 3 heterocycles. The average molecular weight is 381 g/mol. The number of likely N-dealkylation sites (N-methyl/N-ethyl adjacent to an activating group) is 1. The number of nitrogens with zero attached hydrogens (tertiary/aromatic N) is 5. The molecule has 0 radical (unpaired) electrons. The molecule has 0 unspecified atom stereocenters. The fraction of sp³-hybridized carbons (Fsp3) is 0.476. The Morgan fingerprint density at radius 1 is 1.07 bits per heavy atom. The molecule has 148 valence electrons. The highest BCUT2D eigenvalue weighted by atomic mass is 16.2. The molecule has 2 saturated heterocycles. The summed E-state index contributed by atoms with van der Waals surface area (Å²) in [6.07, 6.45) is 7.60. The lowest BCUT2D eigenvalue weighted by Gasteiger charge is -2.49. The van der Waals surface area contributed by atoms with Crippen LogP contribution in [0.1, 0.15) is 29.6 Å². The van der Waals surface area contributed by atoms with E-state index in [1.807, 2.05) is 51.9 Å². The monoisotopic (exact) mass is 381 g/mol. The van der Waals surface area contributed by atoms with Crippen molar-refractivity contribution in [3.63, 3.8) is 0 Å². The molecular weight excluding hydrogens is 354 g/mol. The van der Waals surface area contributed by atoms with Gasteiger partial charge in [-0.2, -0.15) is 0 Å². The van der Waals surface area contributed by atoms with Crippen molar-refractivity contribution in [2.75, 3.05) is 40.3 Å². The Kier molecular flexibility index (Phi) is 4.93. The number of aromatic nitrogens is 2. The van der Waals surface area contributed by atoms with Gasteiger partial charge >= 0.3 is 0 Å². The first kappa shape index (κ1) is 18.7. The Bertz CT molecular complexity index is 848. The highest BCUT2D eigenvalue weighted by Gasteiger charge is 2.43. The minimum Gasteiger partial charge on any atom is -0.346 e. The fourth-order valence-corrected chi connectivity index (χ4v) is 4.30. The van der Waals surface area contributed by atoms with Crippen molar-refractivity contribution in [1.29, 1.82) is 0 Å². The Labute approximate surface area is 165 Å². The van der Waals surface area contributed by atoms with E-state index in [1.165, 1.54) is 0 Å². The van der Waals surface area contributed by atoms with Gasteiger partial charge in [-0.05, 0) is 44.2 Å². The van der Waals surface area contributed by atoms with Crippen molar-refractivity contribution < 1.29 is 9.59 Å². The van der Waals surface area contributed by atoms with Gasteiger partial charge in [0.25, 0.3) is 5.91 Å². The van der Waals surface area contributed by atoms with Crippen molar-refractivity contribution in [1.82, 2.24) is 24.3 Å². The lowest BCUT2D eigenvalue weighted by atomic mass is 9.86. The van der Waals surface area contributed by atoms with E-state index < -0.39 is 0 Å². The fourth-order valence-electron chi connectivity index (χ4n) is 4.30. The van der Waals surface area contributed by atoms with Crippen molar-refractivity contribution in [2.24, 2.45) is 0 Å². The first-order valence-electron chi connectivity index (χ1n) is 9.81. The number of carbonyl (C=O) groups is 2. The predicted molar refractivity (Wildman–Crippen MR) is 106 cm³/mol. The van der Waals surface area contributed by atoms with Crippen LogP contribution in [0, 0.1) is 0 Å². The number of amides is 2. The van der Waals surface area contributed by atoms with Crippen molar-refractivity contribution in [2.45, 2.75) is 24.8 Å². The molecule has 0 saturated carbocycles. The Morgan fingerprint density at radius 2 is 1.86 bits per heavy atom. The van der Waals surface area contributed by atoms with E-state index in [4.69, 9.17) is 0 Å². The number of imidazole rings is 1. The molecule has 1 aromatic heterocycles. The number of rotatable bonds is 2. The second-order valence-electron chi connectivity index (χ2n) is 7.95. The second-order valence-corrected chi connectivity index (χ2v) is 7.95. The molecule has 4 rings (SSSR count). The third-order valence-electron chi connectivity index (χ3n) is 6.35. The van der Waals surface area contributed by atoms with E-state index in [2.05, 4.69) is 16.9 Å². The minimum absolute atomic E-state index is 0.0635. The summed E-state index contributed by atoms with van der Waals surface area (Å²) >= 11 is 0. The zero-order valence-corrected chi connectivity index (χ0v) is 16.5. The molecule has 2 amide bonds. The molecule has 2 aliphatic heterocycles. The summed E-state index contributed by atoms with van der Waals surface area (Å²) in [6, 6.07) is 7.65. The van der Waals surface area contributed by atoms with Crippen LogP contribution >= 0.6 is 0 Å². The van der Waals surface area contributed by atoms with Crippen LogP contribution in [0.4, 0.5) is 0 Å². The lowest BCUT2D eigenvalue weighted by Crippen LogP contribution is -2.62. The molecule has 2 aliphatic rings. The third kappa shape index (κ3) is 3.42. The van der Waals surface area contributed by atoms with Crippen LogP contribution in [0.15, 0.2) is 43.0 Å². The van der Waals surface area contributed by atoms with E-state index in [9.17, 15) is 9.59 Å². The topological polar surface area (TPSA) is 61.7 Å². The third-order valence-corrected chi connectivity index (χ3v) is 6.35. The quantitative estimate of drug-likeness (QED) is 0.794. The van der Waals surface area contributed by atoms with Crippen LogP contribution in [-0.2, 0) is 4.79 Å². The smallest absolute Gasteiger partial charge is 0.253 e. The van der Waals surface area contributed by atoms with Crippen LogP contribution in [0.3, 0.4) is 0 Å². The van der Waals surface area contributed by atoms with Crippen molar-refractivity contribution in [3.05, 3.63) is 48.5 Å². The van der Waals surface area contributed by atoms with Gasteiger partial charge in [-0.3, -0.25) is 14.5 Å². The minimum atomic E-state index is -0.120. The summed E-state index contributed by atoms with van der Waals surface area (Å²) in [5.41, 5.74) is 1.56. The van der Waals surface area contributed by atoms with E-state index in [-0.39, 0.29) is 17.4 Å².